The molecule has 0 heterocycles. The summed E-state index contributed by atoms with van der Waals surface area (Å²) in [6.07, 6.45) is 0.439. The van der Waals surface area contributed by atoms with Gasteiger partial charge < -0.3 is 19.5 Å². The van der Waals surface area contributed by atoms with Crippen LogP contribution in [-0.4, -0.2) is 45.9 Å². The van der Waals surface area contributed by atoms with E-state index in [-0.39, 0.29) is 23.7 Å². The van der Waals surface area contributed by atoms with Crippen LogP contribution in [-0.2, 0) is 27.8 Å². The number of ether oxygens (including phenoxy) is 3. The first kappa shape index (κ1) is 28.7. The van der Waals surface area contributed by atoms with E-state index in [0.717, 1.165) is 11.1 Å². The highest BCUT2D eigenvalue weighted by Gasteiger charge is 2.28. The van der Waals surface area contributed by atoms with Gasteiger partial charge in [0.25, 0.3) is 0 Å². The highest BCUT2D eigenvalue weighted by molar-refractivity contribution is 7.89. The quantitative estimate of drug-likeness (QED) is 0.243. The minimum atomic E-state index is -4.04. The average Bonchev–Trinajstić information content (AvgIpc) is 2.99. The molecule has 4 aromatic rings. The number of rotatable bonds is 13. The maximum atomic E-state index is 13.7. The van der Waals surface area contributed by atoms with Gasteiger partial charge in [0, 0.05) is 18.3 Å². The van der Waals surface area contributed by atoms with Crippen LogP contribution in [0, 0.1) is 0 Å². The molecule has 0 aliphatic rings. The second-order valence-corrected chi connectivity index (χ2v) is 10.9. The lowest BCUT2D eigenvalue weighted by Crippen LogP contribution is -2.39. The SMILES string of the molecule is COc1ccc(S(=O)(=O)N(CCc2ccccc2)CC(=O)Nc2ccc(OCc3ccccc3)cc2)cc1OC. The number of carbonyl (C=O) groups is 1. The predicted molar refractivity (Wildman–Crippen MR) is 154 cm³/mol. The van der Waals surface area contributed by atoms with Gasteiger partial charge in [-0.2, -0.15) is 4.31 Å². The van der Waals surface area contributed by atoms with E-state index < -0.39 is 15.9 Å². The molecular weight excluding hydrogens is 528 g/mol. The summed E-state index contributed by atoms with van der Waals surface area (Å²) >= 11 is 0. The van der Waals surface area contributed by atoms with Crippen molar-refractivity contribution in [1.29, 1.82) is 0 Å². The van der Waals surface area contributed by atoms with E-state index in [2.05, 4.69) is 5.32 Å². The predicted octanol–water partition coefficient (Wildman–Crippen LogP) is 5.15. The molecule has 0 fully saturated rings. The molecule has 8 nitrogen and oxygen atoms in total. The van der Waals surface area contributed by atoms with Crippen molar-refractivity contribution in [1.82, 2.24) is 4.31 Å². The first-order valence-corrected chi connectivity index (χ1v) is 14.2. The zero-order chi connectivity index (χ0) is 28.4. The van der Waals surface area contributed by atoms with Crippen molar-refractivity contribution in [2.45, 2.75) is 17.9 Å². The minimum Gasteiger partial charge on any atom is -0.493 e. The van der Waals surface area contributed by atoms with Crippen LogP contribution >= 0.6 is 0 Å². The molecule has 0 aliphatic carbocycles. The van der Waals surface area contributed by atoms with Gasteiger partial charge in [-0.15, -0.1) is 0 Å². The Bertz CT molecular complexity index is 1490. The summed E-state index contributed by atoms with van der Waals surface area (Å²) in [6.45, 7) is 0.174. The van der Waals surface area contributed by atoms with Gasteiger partial charge in [0.15, 0.2) is 11.5 Å². The molecule has 1 N–H and O–H groups in total. The standard InChI is InChI=1S/C31H32N2O6S/c1-37-29-18-17-28(21-30(29)38-2)40(35,36)33(20-19-24-9-5-3-6-10-24)22-31(34)32-26-13-15-27(16-14-26)39-23-25-11-7-4-8-12-25/h3-18,21H,19-20,22-23H2,1-2H3,(H,32,34). The summed E-state index contributed by atoms with van der Waals surface area (Å²) in [5.74, 6) is 0.884. The van der Waals surface area contributed by atoms with E-state index in [1.54, 1.807) is 24.3 Å². The minimum absolute atomic E-state index is 0.00549. The van der Waals surface area contributed by atoms with Gasteiger partial charge in [-0.05, 0) is 53.9 Å². The fourth-order valence-corrected chi connectivity index (χ4v) is 5.46. The molecule has 9 heteroatoms. The van der Waals surface area contributed by atoms with Crippen molar-refractivity contribution in [3.63, 3.8) is 0 Å². The van der Waals surface area contributed by atoms with Crippen LogP contribution in [0.15, 0.2) is 108 Å². The highest BCUT2D eigenvalue weighted by atomic mass is 32.2. The van der Waals surface area contributed by atoms with Crippen LogP contribution in [0.3, 0.4) is 0 Å². The largest absolute Gasteiger partial charge is 0.493 e. The highest BCUT2D eigenvalue weighted by Crippen LogP contribution is 2.31. The van der Waals surface area contributed by atoms with Crippen molar-refractivity contribution in [3.8, 4) is 17.2 Å². The number of hydrogen-bond acceptors (Lipinski definition) is 6. The second-order valence-electron chi connectivity index (χ2n) is 8.94. The Morgan fingerprint density at radius 1 is 0.775 bits per heavy atom. The Morgan fingerprint density at radius 3 is 2.02 bits per heavy atom. The van der Waals surface area contributed by atoms with Crippen LogP contribution < -0.4 is 19.5 Å². The zero-order valence-electron chi connectivity index (χ0n) is 22.4. The molecule has 4 rings (SSSR count). The summed E-state index contributed by atoms with van der Waals surface area (Å²) in [6, 6.07) is 30.6. The monoisotopic (exact) mass is 560 g/mol. The van der Waals surface area contributed by atoms with Crippen molar-refractivity contribution < 1.29 is 27.4 Å². The number of nitrogens with zero attached hydrogens (tertiary/aromatic N) is 1. The second kappa shape index (κ2) is 13.6. The van der Waals surface area contributed by atoms with Gasteiger partial charge in [0.1, 0.15) is 12.4 Å². The molecule has 0 spiro atoms. The lowest BCUT2D eigenvalue weighted by Gasteiger charge is -2.22. The maximum Gasteiger partial charge on any atom is 0.243 e. The molecular formula is C31H32N2O6S. The number of amides is 1. The molecule has 0 radical (unpaired) electrons. The summed E-state index contributed by atoms with van der Waals surface area (Å²) in [5.41, 5.74) is 2.54. The Balaban J connectivity index is 1.46. The fourth-order valence-electron chi connectivity index (χ4n) is 4.04. The first-order chi connectivity index (χ1) is 19.4. The Hall–Kier alpha value is -4.34. The topological polar surface area (TPSA) is 94.2 Å². The van der Waals surface area contributed by atoms with E-state index in [9.17, 15) is 13.2 Å². The van der Waals surface area contributed by atoms with Crippen molar-refractivity contribution in [3.05, 3.63) is 114 Å². The fraction of sp³-hybridized carbons (Fsp3) is 0.194. The summed E-state index contributed by atoms with van der Waals surface area (Å²) in [5, 5.41) is 2.79. The van der Waals surface area contributed by atoms with Crippen molar-refractivity contribution >= 4 is 21.6 Å². The van der Waals surface area contributed by atoms with E-state index in [4.69, 9.17) is 14.2 Å². The number of hydrogen-bond donors (Lipinski definition) is 1. The lowest BCUT2D eigenvalue weighted by atomic mass is 10.1. The molecule has 208 valence electrons. The summed E-state index contributed by atoms with van der Waals surface area (Å²) < 4.78 is 44.9. The van der Waals surface area contributed by atoms with Gasteiger partial charge >= 0.3 is 0 Å². The van der Waals surface area contributed by atoms with E-state index in [0.29, 0.717) is 30.2 Å². The summed E-state index contributed by atoms with van der Waals surface area (Å²) in [7, 11) is -1.13. The number of sulfonamides is 1. The van der Waals surface area contributed by atoms with E-state index in [1.165, 1.54) is 36.7 Å². The van der Waals surface area contributed by atoms with Crippen LogP contribution in [0.5, 0.6) is 17.2 Å². The van der Waals surface area contributed by atoms with Gasteiger partial charge in [-0.25, -0.2) is 8.42 Å². The molecule has 0 saturated carbocycles. The molecule has 0 saturated heterocycles. The van der Waals surface area contributed by atoms with Crippen molar-refractivity contribution in [2.24, 2.45) is 0 Å². The maximum absolute atomic E-state index is 13.7. The van der Waals surface area contributed by atoms with Gasteiger partial charge in [0.05, 0.1) is 25.7 Å². The zero-order valence-corrected chi connectivity index (χ0v) is 23.3. The molecule has 0 aromatic heterocycles. The molecule has 0 bridgehead atoms. The number of anilines is 1. The van der Waals surface area contributed by atoms with Crippen LogP contribution in [0.4, 0.5) is 5.69 Å². The molecule has 0 atom stereocenters. The number of benzene rings is 4. The van der Waals surface area contributed by atoms with Gasteiger partial charge in [-0.1, -0.05) is 60.7 Å². The van der Waals surface area contributed by atoms with Crippen molar-refractivity contribution in [2.75, 3.05) is 32.6 Å². The van der Waals surface area contributed by atoms with Crippen LogP contribution in [0.2, 0.25) is 0 Å². The molecule has 4 aromatic carbocycles. The first-order valence-electron chi connectivity index (χ1n) is 12.7. The van der Waals surface area contributed by atoms with E-state index in [1.807, 2.05) is 60.7 Å². The third-order valence-corrected chi connectivity index (χ3v) is 8.03. The molecule has 0 aliphatic heterocycles. The van der Waals surface area contributed by atoms with E-state index >= 15 is 0 Å². The molecule has 1 amide bonds. The van der Waals surface area contributed by atoms with Gasteiger partial charge in [0.2, 0.25) is 15.9 Å². The Kier molecular flexibility index (Phi) is 9.77. The van der Waals surface area contributed by atoms with Gasteiger partial charge in [-0.3, -0.25) is 4.79 Å². The number of methoxy groups -OCH3 is 2. The van der Waals surface area contributed by atoms with Crippen LogP contribution in [0.25, 0.3) is 0 Å². The number of carbonyl (C=O) groups excluding carboxylic acids is 1. The normalized spacial score (nSPS) is 11.2. The third-order valence-electron chi connectivity index (χ3n) is 6.19. The molecule has 40 heavy (non-hydrogen) atoms. The lowest BCUT2D eigenvalue weighted by molar-refractivity contribution is -0.116. The third kappa shape index (κ3) is 7.62. The summed E-state index contributed by atoms with van der Waals surface area (Å²) in [4.78, 5) is 13.0. The average molecular weight is 561 g/mol. The Labute approximate surface area is 235 Å². The molecule has 0 unspecified atom stereocenters. The Morgan fingerprint density at radius 2 is 1.40 bits per heavy atom. The van der Waals surface area contributed by atoms with Crippen LogP contribution in [0.1, 0.15) is 11.1 Å². The number of nitrogens with one attached hydrogen (secondary N) is 1. The smallest absolute Gasteiger partial charge is 0.243 e.